The minimum atomic E-state index is -4.48. The van der Waals surface area contributed by atoms with Crippen LogP contribution in [0.1, 0.15) is 27.3 Å². The summed E-state index contributed by atoms with van der Waals surface area (Å²) in [7, 11) is 0. The van der Waals surface area contributed by atoms with Gasteiger partial charge in [0.15, 0.2) is 11.6 Å². The van der Waals surface area contributed by atoms with Crippen molar-refractivity contribution in [2.24, 2.45) is 0 Å². The number of rotatable bonds is 3. The molecule has 2 aromatic heterocycles. The molecule has 1 amide bonds. The molecule has 0 spiro atoms. The lowest BCUT2D eigenvalue weighted by Gasteiger charge is -2.35. The fraction of sp³-hybridized carbons (Fsp3) is 0.333. The first-order chi connectivity index (χ1) is 14.7. The van der Waals surface area contributed by atoms with Crippen molar-refractivity contribution in [3.8, 4) is 5.82 Å². The van der Waals surface area contributed by atoms with Crippen LogP contribution in [-0.4, -0.2) is 57.0 Å². The van der Waals surface area contributed by atoms with Gasteiger partial charge in [0.05, 0.1) is 11.3 Å². The Morgan fingerprint density at radius 2 is 1.61 bits per heavy atom. The molecule has 31 heavy (non-hydrogen) atoms. The van der Waals surface area contributed by atoms with Crippen LogP contribution in [0.2, 0.25) is 0 Å². The highest BCUT2D eigenvalue weighted by Crippen LogP contribution is 2.30. The van der Waals surface area contributed by atoms with Crippen molar-refractivity contribution in [3.05, 3.63) is 65.0 Å². The molecule has 0 unspecified atom stereocenters. The zero-order valence-corrected chi connectivity index (χ0v) is 17.1. The lowest BCUT2D eigenvalue weighted by Crippen LogP contribution is -2.49. The third-order valence-electron chi connectivity index (χ3n) is 5.19. The summed E-state index contributed by atoms with van der Waals surface area (Å²) in [6, 6.07) is 10.2. The van der Waals surface area contributed by atoms with E-state index in [2.05, 4.69) is 15.3 Å². The molecule has 0 aliphatic carbocycles. The molecule has 1 fully saturated rings. The van der Waals surface area contributed by atoms with E-state index in [1.54, 1.807) is 9.58 Å². The number of alkyl halides is 3. The smallest absolute Gasteiger partial charge is 0.352 e. The average Bonchev–Trinajstić information content (AvgIpc) is 3.11. The summed E-state index contributed by atoms with van der Waals surface area (Å²) in [6.45, 7) is 5.64. The van der Waals surface area contributed by atoms with E-state index < -0.39 is 17.6 Å². The van der Waals surface area contributed by atoms with E-state index in [0.717, 1.165) is 23.5 Å². The molecule has 3 heterocycles. The van der Waals surface area contributed by atoms with Crippen molar-refractivity contribution >= 4 is 11.7 Å². The summed E-state index contributed by atoms with van der Waals surface area (Å²) in [5, 5.41) is 12.9. The third kappa shape index (κ3) is 4.37. The van der Waals surface area contributed by atoms with E-state index in [-0.39, 0.29) is 5.56 Å². The Bertz CT molecular complexity index is 1090. The number of nitrogens with zero attached hydrogens (tertiary/aromatic N) is 6. The molecule has 1 aliphatic rings. The number of halogens is 3. The van der Waals surface area contributed by atoms with Crippen LogP contribution in [0.25, 0.3) is 5.82 Å². The predicted molar refractivity (Wildman–Crippen MR) is 108 cm³/mol. The van der Waals surface area contributed by atoms with E-state index in [4.69, 9.17) is 0 Å². The van der Waals surface area contributed by atoms with Crippen LogP contribution in [0.5, 0.6) is 0 Å². The van der Waals surface area contributed by atoms with Crippen LogP contribution >= 0.6 is 0 Å². The summed E-state index contributed by atoms with van der Waals surface area (Å²) in [6.07, 6.45) is -4.48. The molecular formula is C21H21F3N6O. The fourth-order valence-electron chi connectivity index (χ4n) is 3.61. The molecule has 0 saturated carbocycles. The zero-order valence-electron chi connectivity index (χ0n) is 17.1. The highest BCUT2D eigenvalue weighted by atomic mass is 19.4. The number of hydrogen-bond acceptors (Lipinski definition) is 5. The Labute approximate surface area is 177 Å². The Morgan fingerprint density at radius 3 is 2.19 bits per heavy atom. The maximum absolute atomic E-state index is 12.9. The van der Waals surface area contributed by atoms with Gasteiger partial charge in [-0.2, -0.15) is 18.3 Å². The van der Waals surface area contributed by atoms with Crippen molar-refractivity contribution in [1.82, 2.24) is 24.9 Å². The van der Waals surface area contributed by atoms with E-state index >= 15 is 0 Å². The minimum Gasteiger partial charge on any atom is -0.352 e. The Balaban J connectivity index is 1.41. The Kier molecular flexibility index (Phi) is 5.38. The fourth-order valence-corrected chi connectivity index (χ4v) is 3.61. The van der Waals surface area contributed by atoms with Crippen molar-refractivity contribution in [3.63, 3.8) is 0 Å². The van der Waals surface area contributed by atoms with Crippen molar-refractivity contribution < 1.29 is 18.0 Å². The van der Waals surface area contributed by atoms with Crippen LogP contribution in [0.15, 0.2) is 42.5 Å². The first-order valence-electron chi connectivity index (χ1n) is 9.81. The molecule has 1 saturated heterocycles. The molecule has 0 radical (unpaired) electrons. The van der Waals surface area contributed by atoms with Gasteiger partial charge in [0, 0.05) is 37.4 Å². The molecule has 3 aromatic rings. The minimum absolute atomic E-state index is 0.0392. The number of aryl methyl sites for hydroxylation is 2. The summed E-state index contributed by atoms with van der Waals surface area (Å²) in [5.41, 5.74) is 1.07. The van der Waals surface area contributed by atoms with Crippen LogP contribution in [0.4, 0.5) is 19.0 Å². The largest absolute Gasteiger partial charge is 0.416 e. The number of benzene rings is 1. The van der Waals surface area contributed by atoms with Gasteiger partial charge < -0.3 is 9.80 Å². The summed E-state index contributed by atoms with van der Waals surface area (Å²) < 4.78 is 40.5. The number of hydrogen-bond donors (Lipinski definition) is 0. The second kappa shape index (κ2) is 8.01. The van der Waals surface area contributed by atoms with E-state index in [9.17, 15) is 18.0 Å². The average molecular weight is 430 g/mol. The number of amides is 1. The first-order valence-corrected chi connectivity index (χ1v) is 9.81. The topological polar surface area (TPSA) is 67.2 Å². The molecule has 162 valence electrons. The van der Waals surface area contributed by atoms with Crippen LogP contribution in [0.3, 0.4) is 0 Å². The van der Waals surface area contributed by atoms with Crippen LogP contribution in [-0.2, 0) is 6.18 Å². The molecule has 1 aliphatic heterocycles. The molecule has 4 rings (SSSR count). The van der Waals surface area contributed by atoms with Gasteiger partial charge in [-0.1, -0.05) is 6.07 Å². The third-order valence-corrected chi connectivity index (χ3v) is 5.19. The number of anilines is 1. The normalized spacial score (nSPS) is 14.7. The van der Waals surface area contributed by atoms with Gasteiger partial charge in [-0.15, -0.1) is 10.2 Å². The Morgan fingerprint density at radius 1 is 0.935 bits per heavy atom. The second-order valence-corrected chi connectivity index (χ2v) is 7.45. The lowest BCUT2D eigenvalue weighted by molar-refractivity contribution is -0.137. The maximum atomic E-state index is 12.9. The van der Waals surface area contributed by atoms with Crippen molar-refractivity contribution in [1.29, 1.82) is 0 Å². The second-order valence-electron chi connectivity index (χ2n) is 7.45. The first kappa shape index (κ1) is 20.8. The quantitative estimate of drug-likeness (QED) is 0.638. The highest BCUT2D eigenvalue weighted by Gasteiger charge is 2.31. The Hall–Kier alpha value is -3.43. The van der Waals surface area contributed by atoms with Gasteiger partial charge in [-0.25, -0.2) is 4.68 Å². The monoisotopic (exact) mass is 430 g/mol. The zero-order chi connectivity index (χ0) is 22.2. The molecule has 0 bridgehead atoms. The maximum Gasteiger partial charge on any atom is 0.416 e. The number of carbonyl (C=O) groups excluding carboxylic acids is 1. The molecule has 0 atom stereocenters. The molecule has 7 nitrogen and oxygen atoms in total. The summed E-state index contributed by atoms with van der Waals surface area (Å²) in [5.74, 6) is 0.890. The predicted octanol–water partition coefficient (Wildman–Crippen LogP) is 3.26. The summed E-state index contributed by atoms with van der Waals surface area (Å²) >= 11 is 0. The van der Waals surface area contributed by atoms with Gasteiger partial charge in [0.25, 0.3) is 5.91 Å². The lowest BCUT2D eigenvalue weighted by atomic mass is 10.1. The molecular weight excluding hydrogens is 409 g/mol. The van der Waals surface area contributed by atoms with Crippen LogP contribution < -0.4 is 4.90 Å². The van der Waals surface area contributed by atoms with Crippen LogP contribution in [0, 0.1) is 13.8 Å². The van der Waals surface area contributed by atoms with Gasteiger partial charge in [-0.3, -0.25) is 4.79 Å². The van der Waals surface area contributed by atoms with Gasteiger partial charge in [-0.05, 0) is 50.2 Å². The number of piperazine rings is 1. The van der Waals surface area contributed by atoms with Gasteiger partial charge >= 0.3 is 6.18 Å². The SMILES string of the molecule is Cc1cc(C)n(-c2ccc(N3CCN(C(=O)c4cccc(C(F)(F)F)c4)CC3)nn2)n1. The molecule has 0 N–H and O–H groups in total. The van der Waals surface area contributed by atoms with E-state index in [1.165, 1.54) is 12.1 Å². The molecule has 10 heteroatoms. The molecule has 1 aromatic carbocycles. The van der Waals surface area contributed by atoms with Gasteiger partial charge in [0.2, 0.25) is 0 Å². The van der Waals surface area contributed by atoms with E-state index in [1.807, 2.05) is 36.9 Å². The van der Waals surface area contributed by atoms with Gasteiger partial charge in [0.1, 0.15) is 0 Å². The standard InChI is InChI=1S/C21H21F3N6O/c1-14-12-15(2)30(27-14)19-7-6-18(25-26-19)28-8-10-29(11-9-28)20(31)16-4-3-5-17(13-16)21(22,23)24/h3-7,12-13H,8-11H2,1-2H3. The highest BCUT2D eigenvalue weighted by molar-refractivity contribution is 5.94. The van der Waals surface area contributed by atoms with Crippen molar-refractivity contribution in [2.45, 2.75) is 20.0 Å². The summed E-state index contributed by atoms with van der Waals surface area (Å²) in [4.78, 5) is 16.2. The number of aromatic nitrogens is 4. The van der Waals surface area contributed by atoms with E-state index in [0.29, 0.717) is 37.8 Å². The van der Waals surface area contributed by atoms with Crippen molar-refractivity contribution in [2.75, 3.05) is 31.1 Å². The number of carbonyl (C=O) groups is 1.